The van der Waals surface area contributed by atoms with Gasteiger partial charge >= 0.3 is 0 Å². The Morgan fingerprint density at radius 3 is 2.46 bits per heavy atom. The molecule has 0 amide bonds. The van der Waals surface area contributed by atoms with Gasteiger partial charge in [0.25, 0.3) is 0 Å². The summed E-state index contributed by atoms with van der Waals surface area (Å²) < 4.78 is 16.1. The van der Waals surface area contributed by atoms with Crippen LogP contribution in [-0.4, -0.2) is 0 Å². The molecule has 2 atom stereocenters. The van der Waals surface area contributed by atoms with Gasteiger partial charge in [0.05, 0.1) is 0 Å². The summed E-state index contributed by atoms with van der Waals surface area (Å²) in [5, 5.41) is 0. The molecule has 0 aromatic carbocycles. The number of unbranched alkanes of at least 4 members (excludes halogenated alkanes) is 3. The van der Waals surface area contributed by atoms with E-state index < -0.39 is 6.37 Å². The molecule has 0 heterocycles. The summed E-state index contributed by atoms with van der Waals surface area (Å²) in [5.41, 5.74) is 0. The maximum Gasteiger partial charge on any atom is 0.0269 e. The van der Waals surface area contributed by atoms with Crippen LogP contribution in [0, 0.1) is 11.8 Å². The van der Waals surface area contributed by atoms with E-state index in [9.17, 15) is 0 Å². The molecule has 0 radical (unpaired) electrons. The molecule has 1 aliphatic rings. The lowest BCUT2D eigenvalue weighted by molar-refractivity contribution is 0.542. The largest absolute Gasteiger partial charge is 0.0654 e. The first kappa shape index (κ1) is 8.32. The molecule has 0 heteroatoms. The zero-order valence-electron chi connectivity index (χ0n) is 11.3. The molecule has 78 valence electrons. The van der Waals surface area contributed by atoms with Crippen molar-refractivity contribution in [3.05, 3.63) is 0 Å². The van der Waals surface area contributed by atoms with Crippen molar-refractivity contribution in [3.63, 3.8) is 0 Å². The Morgan fingerprint density at radius 2 is 1.77 bits per heavy atom. The predicted molar refractivity (Wildman–Crippen MR) is 59.9 cm³/mol. The number of rotatable bonds is 8. The summed E-state index contributed by atoms with van der Waals surface area (Å²) in [4.78, 5) is 0. The molecule has 1 aliphatic carbocycles. The van der Waals surface area contributed by atoms with E-state index in [2.05, 4.69) is 13.8 Å². The summed E-state index contributed by atoms with van der Waals surface area (Å²) in [6.45, 7) is 4.40. The minimum atomic E-state index is -0.867. The molecule has 1 saturated carbocycles. The average Bonchev–Trinajstić information content (AvgIpc) is 2.93. The van der Waals surface area contributed by atoms with E-state index in [1.807, 2.05) is 0 Å². The van der Waals surface area contributed by atoms with E-state index in [4.69, 9.17) is 2.74 Å². The SMILES string of the molecule is [2H]C([2H])(CCCCCC)C1CC1CCC. The highest BCUT2D eigenvalue weighted by atomic mass is 14.4. The second kappa shape index (κ2) is 6.45. The van der Waals surface area contributed by atoms with E-state index >= 15 is 0 Å². The van der Waals surface area contributed by atoms with Gasteiger partial charge in [-0.05, 0) is 18.3 Å². The van der Waals surface area contributed by atoms with Crippen LogP contribution in [0.5, 0.6) is 0 Å². The van der Waals surface area contributed by atoms with E-state index in [1.165, 1.54) is 32.1 Å². The van der Waals surface area contributed by atoms with Crippen molar-refractivity contribution in [3.8, 4) is 0 Å². The second-order valence-electron chi connectivity index (χ2n) is 4.41. The lowest BCUT2D eigenvalue weighted by atomic mass is 10.1. The molecule has 1 fully saturated rings. The second-order valence-corrected chi connectivity index (χ2v) is 4.41. The van der Waals surface area contributed by atoms with Crippen molar-refractivity contribution in [2.75, 3.05) is 0 Å². The van der Waals surface area contributed by atoms with Crippen LogP contribution in [0.25, 0.3) is 0 Å². The van der Waals surface area contributed by atoms with E-state index in [0.29, 0.717) is 11.8 Å². The van der Waals surface area contributed by atoms with Gasteiger partial charge in [0, 0.05) is 2.74 Å². The van der Waals surface area contributed by atoms with Crippen LogP contribution in [-0.2, 0) is 0 Å². The molecule has 0 N–H and O–H groups in total. The van der Waals surface area contributed by atoms with Crippen molar-refractivity contribution < 1.29 is 2.74 Å². The third kappa shape index (κ3) is 4.69. The van der Waals surface area contributed by atoms with Gasteiger partial charge in [-0.1, -0.05) is 65.2 Å². The van der Waals surface area contributed by atoms with Crippen LogP contribution in [0.1, 0.15) is 74.3 Å². The molecule has 0 aliphatic heterocycles. The van der Waals surface area contributed by atoms with Crippen molar-refractivity contribution in [2.45, 2.75) is 71.6 Å². The van der Waals surface area contributed by atoms with Gasteiger partial charge < -0.3 is 0 Å². The third-order valence-electron chi connectivity index (χ3n) is 3.02. The van der Waals surface area contributed by atoms with Gasteiger partial charge in [0.1, 0.15) is 0 Å². The smallest absolute Gasteiger partial charge is 0.0269 e. The summed E-state index contributed by atoms with van der Waals surface area (Å²) in [6.07, 6.45) is 8.31. The fourth-order valence-corrected chi connectivity index (χ4v) is 2.03. The van der Waals surface area contributed by atoms with Crippen molar-refractivity contribution in [1.82, 2.24) is 0 Å². The van der Waals surface area contributed by atoms with E-state index in [0.717, 1.165) is 19.3 Å². The molecule has 0 nitrogen and oxygen atoms in total. The molecule has 2 unspecified atom stereocenters. The summed E-state index contributed by atoms with van der Waals surface area (Å²) in [6, 6.07) is 0. The fourth-order valence-electron chi connectivity index (χ4n) is 2.03. The van der Waals surface area contributed by atoms with Crippen LogP contribution in [0.3, 0.4) is 0 Å². The van der Waals surface area contributed by atoms with Gasteiger partial charge in [-0.15, -0.1) is 0 Å². The van der Waals surface area contributed by atoms with Crippen LogP contribution in [0.15, 0.2) is 0 Å². The fraction of sp³-hybridized carbons (Fsp3) is 1.00. The molecule has 0 bridgehead atoms. The molecular formula is C13H26. The molecule has 1 rings (SSSR count). The lowest BCUT2D eigenvalue weighted by Gasteiger charge is -1.99. The van der Waals surface area contributed by atoms with E-state index in [-0.39, 0.29) is 0 Å². The summed E-state index contributed by atoms with van der Waals surface area (Å²) >= 11 is 0. The Kier molecular flexibility index (Phi) is 4.13. The zero-order valence-corrected chi connectivity index (χ0v) is 9.31. The van der Waals surface area contributed by atoms with Crippen molar-refractivity contribution >= 4 is 0 Å². The standard InChI is InChI=1S/C13H26/c1-3-5-6-7-8-10-13-11-12(13)9-4-2/h12-13H,3-11H2,1-2H3/i10D2. The van der Waals surface area contributed by atoms with Crippen LogP contribution in [0.4, 0.5) is 0 Å². The Labute approximate surface area is 86.9 Å². The van der Waals surface area contributed by atoms with Gasteiger partial charge in [-0.3, -0.25) is 0 Å². The maximum atomic E-state index is 8.05. The Bertz CT molecular complexity index is 177. The zero-order chi connectivity index (χ0) is 11.3. The Balaban J connectivity index is 2.16. The Morgan fingerprint density at radius 1 is 1.00 bits per heavy atom. The Hall–Kier alpha value is 0. The number of hydrogen-bond acceptors (Lipinski definition) is 0. The average molecular weight is 184 g/mol. The minimum absolute atomic E-state index is 0.388. The summed E-state index contributed by atoms with van der Waals surface area (Å²) in [7, 11) is 0. The van der Waals surface area contributed by atoms with Gasteiger partial charge in [0.2, 0.25) is 0 Å². The molecule has 0 saturated heterocycles. The lowest BCUT2D eigenvalue weighted by Crippen LogP contribution is -1.84. The highest BCUT2D eigenvalue weighted by Crippen LogP contribution is 2.45. The quantitative estimate of drug-likeness (QED) is 0.476. The first-order chi connectivity index (χ1) is 7.11. The van der Waals surface area contributed by atoms with Crippen molar-refractivity contribution in [2.24, 2.45) is 11.8 Å². The highest BCUT2D eigenvalue weighted by Gasteiger charge is 2.34. The predicted octanol–water partition coefficient (Wildman–Crippen LogP) is 4.78. The van der Waals surface area contributed by atoms with E-state index in [1.54, 1.807) is 0 Å². The normalized spacial score (nSPS) is 29.7. The van der Waals surface area contributed by atoms with Gasteiger partial charge in [0.15, 0.2) is 0 Å². The van der Waals surface area contributed by atoms with Crippen molar-refractivity contribution in [1.29, 1.82) is 0 Å². The number of hydrogen-bond donors (Lipinski definition) is 0. The monoisotopic (exact) mass is 184 g/mol. The molecule has 0 aromatic heterocycles. The van der Waals surface area contributed by atoms with Crippen LogP contribution in [0.2, 0.25) is 0 Å². The summed E-state index contributed by atoms with van der Waals surface area (Å²) in [5.74, 6) is 1.09. The first-order valence-electron chi connectivity index (χ1n) is 7.11. The third-order valence-corrected chi connectivity index (χ3v) is 3.02. The molecule has 0 spiro atoms. The first-order valence-corrected chi connectivity index (χ1v) is 6.11. The van der Waals surface area contributed by atoms with Crippen LogP contribution >= 0.6 is 0 Å². The maximum absolute atomic E-state index is 8.05. The van der Waals surface area contributed by atoms with Crippen LogP contribution < -0.4 is 0 Å². The topological polar surface area (TPSA) is 0 Å². The molecule has 0 aromatic rings. The molecule has 13 heavy (non-hydrogen) atoms. The molecular weight excluding hydrogens is 156 g/mol. The van der Waals surface area contributed by atoms with Gasteiger partial charge in [-0.25, -0.2) is 0 Å². The minimum Gasteiger partial charge on any atom is -0.0654 e. The highest BCUT2D eigenvalue weighted by molar-refractivity contribution is 4.85. The van der Waals surface area contributed by atoms with Gasteiger partial charge in [-0.2, -0.15) is 0 Å².